The van der Waals surface area contributed by atoms with Crippen LogP contribution in [0.3, 0.4) is 0 Å². The van der Waals surface area contributed by atoms with Gasteiger partial charge < -0.3 is 15.2 Å². The molecule has 0 unspecified atom stereocenters. The van der Waals surface area contributed by atoms with Gasteiger partial charge in [-0.05, 0) is 38.8 Å². The van der Waals surface area contributed by atoms with E-state index in [2.05, 4.69) is 6.92 Å². The molecule has 0 aliphatic heterocycles. The number of hydrogen-bond donors (Lipinski definition) is 1. The van der Waals surface area contributed by atoms with Gasteiger partial charge in [0.15, 0.2) is 0 Å². The summed E-state index contributed by atoms with van der Waals surface area (Å²) in [6.07, 6.45) is -2.34. The van der Waals surface area contributed by atoms with Crippen LogP contribution in [0.2, 0.25) is 0 Å². The van der Waals surface area contributed by atoms with Crippen LogP contribution >= 0.6 is 0 Å². The Balaban J connectivity index is 3.00. The van der Waals surface area contributed by atoms with E-state index in [-0.39, 0.29) is 6.42 Å². The van der Waals surface area contributed by atoms with E-state index in [9.17, 15) is 18.0 Å². The minimum atomic E-state index is -4.61. The molecule has 1 atom stereocenters. The molecule has 4 nitrogen and oxygen atoms in total. The van der Waals surface area contributed by atoms with Crippen molar-refractivity contribution in [1.29, 1.82) is 0 Å². The Morgan fingerprint density at radius 3 is 2.29 bits per heavy atom. The van der Waals surface area contributed by atoms with Gasteiger partial charge in [0.05, 0.1) is 13.0 Å². The zero-order valence-corrected chi connectivity index (χ0v) is 17.2. The smallest absolute Gasteiger partial charge is 0.391 e. The van der Waals surface area contributed by atoms with E-state index in [1.165, 1.54) is 0 Å². The maximum absolute atomic E-state index is 13.1. The quantitative estimate of drug-likeness (QED) is 0.432. The predicted octanol–water partition coefficient (Wildman–Crippen LogP) is 5.18. The van der Waals surface area contributed by atoms with Gasteiger partial charge in [0.2, 0.25) is 0 Å². The van der Waals surface area contributed by atoms with E-state index in [4.69, 9.17) is 15.2 Å². The van der Waals surface area contributed by atoms with Crippen LogP contribution in [0.4, 0.5) is 13.2 Å². The SMILES string of the molecule is CCCCCCOc1ccccc1C[C@@](N)(CC(F)(F)F)C(=O)OC(C)(C)C. The van der Waals surface area contributed by atoms with Crippen molar-refractivity contribution < 1.29 is 27.4 Å². The summed E-state index contributed by atoms with van der Waals surface area (Å²) in [5, 5.41) is 0. The lowest BCUT2D eigenvalue weighted by molar-refractivity contribution is -0.179. The van der Waals surface area contributed by atoms with Crippen LogP contribution in [-0.2, 0) is 16.0 Å². The number of benzene rings is 1. The average molecular weight is 403 g/mol. The summed E-state index contributed by atoms with van der Waals surface area (Å²) in [6, 6.07) is 6.73. The molecule has 0 saturated heterocycles. The Kier molecular flexibility index (Phi) is 8.79. The Morgan fingerprint density at radius 2 is 1.71 bits per heavy atom. The first-order valence-electron chi connectivity index (χ1n) is 9.66. The number of para-hydroxylation sites is 1. The standard InChI is InChI=1S/C21H32F3NO3/c1-5-6-7-10-13-27-17-12-9-8-11-16(17)14-20(25,15-21(22,23)24)18(26)28-19(2,3)4/h8-9,11-12H,5-7,10,13-15,25H2,1-4H3/t20-/m1/s1. The summed E-state index contributed by atoms with van der Waals surface area (Å²) in [7, 11) is 0. The third-order valence-electron chi connectivity index (χ3n) is 4.06. The minimum Gasteiger partial charge on any atom is -0.493 e. The van der Waals surface area contributed by atoms with Crippen molar-refractivity contribution in [2.45, 2.75) is 83.5 Å². The second kappa shape index (κ2) is 10.1. The van der Waals surface area contributed by atoms with Gasteiger partial charge in [0, 0.05) is 6.42 Å². The molecule has 2 N–H and O–H groups in total. The van der Waals surface area contributed by atoms with Gasteiger partial charge in [0.25, 0.3) is 0 Å². The van der Waals surface area contributed by atoms with Crippen LogP contribution in [0, 0.1) is 0 Å². The van der Waals surface area contributed by atoms with Gasteiger partial charge in [-0.15, -0.1) is 0 Å². The lowest BCUT2D eigenvalue weighted by atomic mass is 9.87. The molecule has 1 aromatic rings. The maximum Gasteiger partial charge on any atom is 0.391 e. The third-order valence-corrected chi connectivity index (χ3v) is 4.06. The second-order valence-electron chi connectivity index (χ2n) is 8.14. The summed E-state index contributed by atoms with van der Waals surface area (Å²) >= 11 is 0. The lowest BCUT2D eigenvalue weighted by Crippen LogP contribution is -2.55. The van der Waals surface area contributed by atoms with Crippen molar-refractivity contribution in [3.05, 3.63) is 29.8 Å². The zero-order chi connectivity index (χ0) is 21.4. The molecule has 0 bridgehead atoms. The minimum absolute atomic E-state index is 0.327. The molecule has 0 aromatic heterocycles. The molecule has 0 amide bonds. The van der Waals surface area contributed by atoms with Crippen molar-refractivity contribution >= 4 is 5.97 Å². The number of halogens is 3. The van der Waals surface area contributed by atoms with Crippen molar-refractivity contribution in [1.82, 2.24) is 0 Å². The third kappa shape index (κ3) is 8.95. The molecular weight excluding hydrogens is 371 g/mol. The van der Waals surface area contributed by atoms with E-state index in [1.54, 1.807) is 45.0 Å². The zero-order valence-electron chi connectivity index (χ0n) is 17.2. The van der Waals surface area contributed by atoms with E-state index in [0.717, 1.165) is 25.7 Å². The average Bonchev–Trinajstić information content (AvgIpc) is 2.53. The number of ether oxygens (including phenoxy) is 2. The van der Waals surface area contributed by atoms with Gasteiger partial charge in [-0.25, -0.2) is 0 Å². The summed E-state index contributed by atoms with van der Waals surface area (Å²) < 4.78 is 50.4. The van der Waals surface area contributed by atoms with Gasteiger partial charge >= 0.3 is 12.1 Å². The number of nitrogens with two attached hydrogens (primary N) is 1. The van der Waals surface area contributed by atoms with Crippen molar-refractivity contribution in [3.8, 4) is 5.75 Å². The molecule has 0 radical (unpaired) electrons. The number of carbonyl (C=O) groups excluding carboxylic acids is 1. The largest absolute Gasteiger partial charge is 0.493 e. The van der Waals surface area contributed by atoms with E-state index < -0.39 is 29.7 Å². The Bertz CT molecular complexity index is 626. The molecule has 0 saturated carbocycles. The molecule has 0 heterocycles. The number of hydrogen-bond acceptors (Lipinski definition) is 4. The number of carbonyl (C=O) groups is 1. The highest BCUT2D eigenvalue weighted by molar-refractivity contribution is 5.81. The number of rotatable bonds is 10. The first kappa shape index (κ1) is 24.3. The Morgan fingerprint density at radius 1 is 1.07 bits per heavy atom. The van der Waals surface area contributed by atoms with E-state index in [0.29, 0.717) is 17.9 Å². The van der Waals surface area contributed by atoms with Crippen molar-refractivity contribution in [2.24, 2.45) is 5.73 Å². The molecule has 7 heteroatoms. The van der Waals surface area contributed by atoms with Crippen LogP contribution in [0.1, 0.15) is 65.4 Å². The van der Waals surface area contributed by atoms with Gasteiger partial charge in [-0.2, -0.15) is 13.2 Å². The van der Waals surface area contributed by atoms with Gasteiger partial charge in [-0.3, -0.25) is 4.79 Å². The van der Waals surface area contributed by atoms with Gasteiger partial charge in [0.1, 0.15) is 16.9 Å². The highest BCUT2D eigenvalue weighted by atomic mass is 19.4. The first-order chi connectivity index (χ1) is 12.9. The highest BCUT2D eigenvalue weighted by Crippen LogP contribution is 2.33. The molecule has 0 fully saturated rings. The summed E-state index contributed by atoms with van der Waals surface area (Å²) in [5.41, 5.74) is 3.26. The van der Waals surface area contributed by atoms with Crippen molar-refractivity contribution in [2.75, 3.05) is 6.61 Å². The Hall–Kier alpha value is -1.76. The normalized spacial score (nSPS) is 14.4. The van der Waals surface area contributed by atoms with Crippen LogP contribution in [0.5, 0.6) is 5.75 Å². The second-order valence-corrected chi connectivity index (χ2v) is 8.14. The van der Waals surface area contributed by atoms with Crippen LogP contribution < -0.4 is 10.5 Å². The van der Waals surface area contributed by atoms with Gasteiger partial charge in [-0.1, -0.05) is 44.4 Å². The lowest BCUT2D eigenvalue weighted by Gasteiger charge is -2.32. The monoisotopic (exact) mass is 403 g/mol. The Labute approximate surface area is 165 Å². The summed E-state index contributed by atoms with van der Waals surface area (Å²) in [6.45, 7) is 7.33. The fraction of sp³-hybridized carbons (Fsp3) is 0.667. The molecule has 1 aromatic carbocycles. The maximum atomic E-state index is 13.1. The molecule has 0 aliphatic rings. The molecule has 1 rings (SSSR count). The molecular formula is C21H32F3NO3. The first-order valence-corrected chi connectivity index (χ1v) is 9.66. The molecule has 160 valence electrons. The highest BCUT2D eigenvalue weighted by Gasteiger charge is 2.47. The van der Waals surface area contributed by atoms with E-state index in [1.807, 2.05) is 0 Å². The fourth-order valence-corrected chi connectivity index (χ4v) is 2.79. The topological polar surface area (TPSA) is 61.5 Å². The number of alkyl halides is 3. The summed E-state index contributed by atoms with van der Waals surface area (Å²) in [5.74, 6) is -0.630. The fourth-order valence-electron chi connectivity index (χ4n) is 2.79. The predicted molar refractivity (Wildman–Crippen MR) is 103 cm³/mol. The molecule has 0 spiro atoms. The van der Waals surface area contributed by atoms with Crippen LogP contribution in [0.25, 0.3) is 0 Å². The van der Waals surface area contributed by atoms with Crippen molar-refractivity contribution in [3.63, 3.8) is 0 Å². The number of esters is 1. The van der Waals surface area contributed by atoms with Crippen LogP contribution in [0.15, 0.2) is 24.3 Å². The molecule has 28 heavy (non-hydrogen) atoms. The molecule has 0 aliphatic carbocycles. The van der Waals surface area contributed by atoms with Crippen LogP contribution in [-0.4, -0.2) is 29.9 Å². The number of unbranched alkanes of at least 4 members (excludes halogenated alkanes) is 3. The summed E-state index contributed by atoms with van der Waals surface area (Å²) in [4.78, 5) is 12.5. The van der Waals surface area contributed by atoms with E-state index >= 15 is 0 Å².